The van der Waals surface area contributed by atoms with Crippen molar-refractivity contribution in [3.8, 4) is 0 Å². The number of amides is 1. The maximum absolute atomic E-state index is 13.5. The van der Waals surface area contributed by atoms with Crippen LogP contribution in [0, 0.1) is 11.8 Å². The quantitative estimate of drug-likeness (QED) is 0.458. The molecule has 32 heavy (non-hydrogen) atoms. The summed E-state index contributed by atoms with van der Waals surface area (Å²) in [7, 11) is 0. The molecule has 5 nitrogen and oxygen atoms in total. The van der Waals surface area contributed by atoms with Crippen LogP contribution in [0.1, 0.15) is 49.3 Å². The van der Waals surface area contributed by atoms with E-state index in [1.54, 1.807) is 6.07 Å². The van der Waals surface area contributed by atoms with Crippen molar-refractivity contribution in [1.29, 1.82) is 0 Å². The highest BCUT2D eigenvalue weighted by Crippen LogP contribution is 2.45. The van der Waals surface area contributed by atoms with E-state index in [1.165, 1.54) is 30.5 Å². The highest BCUT2D eigenvalue weighted by atomic mass is 35.5. The Kier molecular flexibility index (Phi) is 7.35. The Hall–Kier alpha value is -2.32. The molecule has 1 fully saturated rings. The molecule has 3 rings (SSSR count). The number of alkyl halides is 3. The summed E-state index contributed by atoms with van der Waals surface area (Å²) >= 11 is 12.0. The van der Waals surface area contributed by atoms with Gasteiger partial charge >= 0.3 is 12.1 Å². The summed E-state index contributed by atoms with van der Waals surface area (Å²) in [5.74, 6) is -5.58. The smallest absolute Gasteiger partial charge is 0.392 e. The minimum Gasteiger partial charge on any atom is -0.481 e. The van der Waals surface area contributed by atoms with Crippen LogP contribution < -0.4 is 5.32 Å². The van der Waals surface area contributed by atoms with Gasteiger partial charge in [0.25, 0.3) is 0 Å². The lowest BCUT2D eigenvalue weighted by atomic mass is 9.88. The number of benzene rings is 1. The van der Waals surface area contributed by atoms with E-state index in [-0.39, 0.29) is 39.7 Å². The van der Waals surface area contributed by atoms with Gasteiger partial charge in [0.15, 0.2) is 0 Å². The predicted octanol–water partition coefficient (Wildman–Crippen LogP) is 6.28. The standard InChI is InChI=1S/C22H21Cl2F3N2O3/c1-11(22(25,26)27)20(17-7-5-14(23)10-28-17)21(32)29-18-8-13(4-6-16(18)24)15(9-19(30)31)12-2-3-12/h4-8,10-12,15,20H,2-3,9H2,1H3,(H,29,32)(H,30,31)/t11-,15+,20+/m1/s1. The van der Waals surface area contributed by atoms with Crippen molar-refractivity contribution in [2.75, 3.05) is 5.32 Å². The van der Waals surface area contributed by atoms with E-state index < -0.39 is 29.9 Å². The van der Waals surface area contributed by atoms with Crippen molar-refractivity contribution in [1.82, 2.24) is 4.98 Å². The van der Waals surface area contributed by atoms with E-state index in [1.807, 2.05) is 0 Å². The van der Waals surface area contributed by atoms with Crippen LogP contribution in [0.3, 0.4) is 0 Å². The van der Waals surface area contributed by atoms with E-state index in [2.05, 4.69) is 10.3 Å². The normalized spacial score (nSPS) is 16.8. The number of carboxylic acids is 1. The average molecular weight is 489 g/mol. The molecule has 1 saturated carbocycles. The molecule has 2 N–H and O–H groups in total. The van der Waals surface area contributed by atoms with Gasteiger partial charge in [-0.15, -0.1) is 0 Å². The molecular formula is C22H21Cl2F3N2O3. The molecule has 0 radical (unpaired) electrons. The number of carbonyl (C=O) groups excluding carboxylic acids is 1. The van der Waals surface area contributed by atoms with Gasteiger partial charge in [-0.1, -0.05) is 36.2 Å². The lowest BCUT2D eigenvalue weighted by molar-refractivity contribution is -0.178. The second-order valence-corrected chi connectivity index (χ2v) is 8.82. The van der Waals surface area contributed by atoms with Crippen molar-refractivity contribution in [3.05, 3.63) is 57.8 Å². The highest BCUT2D eigenvalue weighted by Gasteiger charge is 2.45. The zero-order chi connectivity index (χ0) is 23.6. The number of anilines is 1. The van der Waals surface area contributed by atoms with Gasteiger partial charge in [-0.25, -0.2) is 0 Å². The Balaban J connectivity index is 1.91. The molecule has 0 unspecified atom stereocenters. The second-order valence-electron chi connectivity index (χ2n) is 7.98. The van der Waals surface area contributed by atoms with Gasteiger partial charge in [-0.3, -0.25) is 14.6 Å². The summed E-state index contributed by atoms with van der Waals surface area (Å²) in [5, 5.41) is 12.1. The fourth-order valence-electron chi connectivity index (χ4n) is 3.70. The summed E-state index contributed by atoms with van der Waals surface area (Å²) in [6.45, 7) is 0.911. The molecule has 0 aliphatic heterocycles. The fraction of sp³-hybridized carbons (Fsp3) is 0.409. The van der Waals surface area contributed by atoms with Gasteiger partial charge in [-0.2, -0.15) is 13.2 Å². The molecule has 1 aliphatic carbocycles. The molecule has 1 aliphatic rings. The van der Waals surface area contributed by atoms with Crippen LogP contribution in [-0.4, -0.2) is 28.1 Å². The van der Waals surface area contributed by atoms with Gasteiger partial charge in [0.1, 0.15) is 0 Å². The summed E-state index contributed by atoms with van der Waals surface area (Å²) in [6, 6.07) is 7.37. The number of rotatable bonds is 8. The van der Waals surface area contributed by atoms with Crippen LogP contribution in [0.2, 0.25) is 10.0 Å². The predicted molar refractivity (Wildman–Crippen MR) is 115 cm³/mol. The van der Waals surface area contributed by atoms with Gasteiger partial charge in [-0.05, 0) is 54.5 Å². The zero-order valence-electron chi connectivity index (χ0n) is 17.0. The lowest BCUT2D eigenvalue weighted by Gasteiger charge is -2.25. The third-order valence-electron chi connectivity index (χ3n) is 5.63. The van der Waals surface area contributed by atoms with Crippen molar-refractivity contribution < 1.29 is 27.9 Å². The van der Waals surface area contributed by atoms with Gasteiger partial charge < -0.3 is 10.4 Å². The van der Waals surface area contributed by atoms with Gasteiger partial charge in [0.2, 0.25) is 5.91 Å². The van der Waals surface area contributed by atoms with E-state index in [4.69, 9.17) is 23.2 Å². The minimum atomic E-state index is -4.65. The first-order chi connectivity index (χ1) is 15.0. The molecule has 1 aromatic heterocycles. The number of pyridine rings is 1. The number of carboxylic acid groups (broad SMARTS) is 1. The number of hydrogen-bond donors (Lipinski definition) is 2. The van der Waals surface area contributed by atoms with E-state index in [0.717, 1.165) is 19.8 Å². The van der Waals surface area contributed by atoms with E-state index in [0.29, 0.717) is 5.56 Å². The summed E-state index contributed by atoms with van der Waals surface area (Å²) in [6.07, 6.45) is -1.75. The fourth-order valence-corrected chi connectivity index (χ4v) is 3.98. The lowest BCUT2D eigenvalue weighted by Crippen LogP contribution is -2.35. The molecular weight excluding hydrogens is 468 g/mol. The van der Waals surface area contributed by atoms with Crippen molar-refractivity contribution in [2.24, 2.45) is 11.8 Å². The molecule has 0 bridgehead atoms. The average Bonchev–Trinajstić information content (AvgIpc) is 3.54. The number of aromatic nitrogens is 1. The topological polar surface area (TPSA) is 79.3 Å². The van der Waals surface area contributed by atoms with Crippen molar-refractivity contribution in [2.45, 2.75) is 44.2 Å². The van der Waals surface area contributed by atoms with Gasteiger partial charge in [0, 0.05) is 6.20 Å². The Morgan fingerprint density at radius 3 is 2.44 bits per heavy atom. The number of hydrogen-bond acceptors (Lipinski definition) is 3. The number of nitrogens with zero attached hydrogens (tertiary/aromatic N) is 1. The Bertz CT molecular complexity index is 995. The number of carbonyl (C=O) groups is 2. The van der Waals surface area contributed by atoms with Crippen LogP contribution in [0.4, 0.5) is 18.9 Å². The first-order valence-corrected chi connectivity index (χ1v) is 10.7. The second kappa shape index (κ2) is 9.67. The summed E-state index contributed by atoms with van der Waals surface area (Å²) in [5.41, 5.74) is 0.712. The third kappa shape index (κ3) is 5.92. The Morgan fingerprint density at radius 1 is 1.22 bits per heavy atom. The molecule has 0 spiro atoms. The molecule has 10 heteroatoms. The maximum Gasteiger partial charge on any atom is 0.392 e. The Labute approximate surface area is 192 Å². The monoisotopic (exact) mass is 488 g/mol. The molecule has 172 valence electrons. The molecule has 3 atom stereocenters. The molecule has 0 saturated heterocycles. The third-order valence-corrected chi connectivity index (χ3v) is 6.18. The molecule has 1 heterocycles. The molecule has 2 aromatic rings. The molecule has 1 aromatic carbocycles. The van der Waals surface area contributed by atoms with E-state index in [9.17, 15) is 27.9 Å². The zero-order valence-corrected chi connectivity index (χ0v) is 18.5. The maximum atomic E-state index is 13.5. The SMILES string of the molecule is C[C@H]([C@H](C(=O)Nc1cc([C@@H](CC(=O)O)C2CC2)ccc1Cl)c1ccc(Cl)cn1)C(F)(F)F. The van der Waals surface area contributed by atoms with Crippen LogP contribution >= 0.6 is 23.2 Å². The summed E-state index contributed by atoms with van der Waals surface area (Å²) < 4.78 is 40.5. The van der Waals surface area contributed by atoms with Crippen molar-refractivity contribution in [3.63, 3.8) is 0 Å². The highest BCUT2D eigenvalue weighted by molar-refractivity contribution is 6.33. The Morgan fingerprint density at radius 2 is 1.91 bits per heavy atom. The summed E-state index contributed by atoms with van der Waals surface area (Å²) in [4.78, 5) is 28.2. The number of aliphatic carboxylic acids is 1. The molecule has 1 amide bonds. The largest absolute Gasteiger partial charge is 0.481 e. The first-order valence-electron chi connectivity index (χ1n) is 9.97. The number of nitrogens with one attached hydrogen (secondary N) is 1. The van der Waals surface area contributed by atoms with Gasteiger partial charge in [0.05, 0.1) is 39.7 Å². The minimum absolute atomic E-state index is 0.0780. The first kappa shape index (κ1) is 24.3. The van der Waals surface area contributed by atoms with Crippen LogP contribution in [0.25, 0.3) is 0 Å². The van der Waals surface area contributed by atoms with Crippen molar-refractivity contribution >= 4 is 40.8 Å². The van der Waals surface area contributed by atoms with Crippen LogP contribution in [0.5, 0.6) is 0 Å². The van der Waals surface area contributed by atoms with Crippen LogP contribution in [-0.2, 0) is 9.59 Å². The van der Waals surface area contributed by atoms with E-state index >= 15 is 0 Å². The number of halogens is 5. The van der Waals surface area contributed by atoms with Crippen LogP contribution in [0.15, 0.2) is 36.5 Å².